The molecule has 1 aromatic carbocycles. The maximum atomic E-state index is 5.21. The monoisotopic (exact) mass is 326 g/mol. The zero-order valence-electron chi connectivity index (χ0n) is 13.3. The fourth-order valence-corrected chi connectivity index (χ4v) is 2.65. The van der Waals surface area contributed by atoms with Crippen molar-refractivity contribution >= 4 is 18.4 Å². The second-order valence-electron chi connectivity index (χ2n) is 5.19. The molecule has 7 heteroatoms. The Kier molecular flexibility index (Phi) is 4.20. The topological polar surface area (TPSA) is 63.8 Å². The van der Waals surface area contributed by atoms with Crippen molar-refractivity contribution in [3.63, 3.8) is 0 Å². The molecule has 0 aliphatic rings. The number of benzene rings is 1. The van der Waals surface area contributed by atoms with Crippen molar-refractivity contribution in [3.05, 3.63) is 57.9 Å². The first-order chi connectivity index (χ1) is 11.1. The number of rotatable bonds is 4. The van der Waals surface area contributed by atoms with Crippen LogP contribution in [0.25, 0.3) is 5.69 Å². The molecule has 0 saturated heterocycles. The molecule has 0 unspecified atom stereocenters. The van der Waals surface area contributed by atoms with E-state index in [-0.39, 0.29) is 0 Å². The molecule has 0 spiro atoms. The summed E-state index contributed by atoms with van der Waals surface area (Å²) in [5, 5.41) is 16.0. The standard InChI is InChI=1S/C16H18N6S/c1-4-15-18-19-16(23)22(15)17-10-14-11(2)20-21(12(14)3)13-8-6-5-7-9-13/h5-10H,4H2,1-3H3,(H,19,23)/b17-10+. The molecule has 0 bridgehead atoms. The lowest BCUT2D eigenvalue weighted by molar-refractivity contribution is 0.780. The summed E-state index contributed by atoms with van der Waals surface area (Å²) in [6, 6.07) is 10.0. The maximum Gasteiger partial charge on any atom is 0.216 e. The summed E-state index contributed by atoms with van der Waals surface area (Å²) in [7, 11) is 0. The Morgan fingerprint density at radius 3 is 2.70 bits per heavy atom. The smallest absolute Gasteiger partial charge is 0.216 e. The first kappa shape index (κ1) is 15.4. The van der Waals surface area contributed by atoms with Gasteiger partial charge in [0, 0.05) is 12.0 Å². The van der Waals surface area contributed by atoms with Crippen LogP contribution in [0.1, 0.15) is 29.7 Å². The summed E-state index contributed by atoms with van der Waals surface area (Å²) in [6.45, 7) is 6.02. The minimum absolute atomic E-state index is 0.490. The molecule has 0 atom stereocenters. The summed E-state index contributed by atoms with van der Waals surface area (Å²) < 4.78 is 4.06. The van der Waals surface area contributed by atoms with Gasteiger partial charge in [-0.2, -0.15) is 20.0 Å². The van der Waals surface area contributed by atoms with E-state index in [1.807, 2.05) is 55.8 Å². The molecule has 2 heterocycles. The average molecular weight is 326 g/mol. The van der Waals surface area contributed by atoms with Crippen molar-refractivity contribution in [2.75, 3.05) is 0 Å². The Hall–Kier alpha value is -2.54. The van der Waals surface area contributed by atoms with Gasteiger partial charge in [0.25, 0.3) is 0 Å². The van der Waals surface area contributed by atoms with E-state index >= 15 is 0 Å². The van der Waals surface area contributed by atoms with Crippen LogP contribution in [0, 0.1) is 18.6 Å². The molecule has 23 heavy (non-hydrogen) atoms. The van der Waals surface area contributed by atoms with Crippen molar-refractivity contribution in [1.82, 2.24) is 24.7 Å². The molecule has 0 saturated carbocycles. The van der Waals surface area contributed by atoms with E-state index in [1.54, 1.807) is 10.9 Å². The van der Waals surface area contributed by atoms with Gasteiger partial charge >= 0.3 is 0 Å². The van der Waals surface area contributed by atoms with Gasteiger partial charge in [-0.05, 0) is 38.2 Å². The molecular formula is C16H18N6S. The molecule has 118 valence electrons. The lowest BCUT2D eigenvalue weighted by atomic mass is 10.2. The first-order valence-corrected chi connectivity index (χ1v) is 7.85. The van der Waals surface area contributed by atoms with Gasteiger partial charge in [-0.1, -0.05) is 25.1 Å². The van der Waals surface area contributed by atoms with Gasteiger partial charge in [0.1, 0.15) is 0 Å². The predicted octanol–water partition coefficient (Wildman–Crippen LogP) is 3.19. The highest BCUT2D eigenvalue weighted by Crippen LogP contribution is 2.16. The molecule has 0 fully saturated rings. The molecule has 0 aliphatic heterocycles. The highest BCUT2D eigenvalue weighted by Gasteiger charge is 2.11. The Bertz CT molecular complexity index is 901. The Balaban J connectivity index is 2.01. The second kappa shape index (κ2) is 6.29. The fourth-order valence-electron chi connectivity index (χ4n) is 2.45. The molecule has 1 N–H and O–H groups in total. The Morgan fingerprint density at radius 1 is 1.26 bits per heavy atom. The van der Waals surface area contributed by atoms with E-state index in [1.165, 1.54) is 0 Å². The number of H-pyrrole nitrogens is 1. The van der Waals surface area contributed by atoms with Gasteiger partial charge in [0.15, 0.2) is 5.82 Å². The fraction of sp³-hybridized carbons (Fsp3) is 0.250. The van der Waals surface area contributed by atoms with Gasteiger partial charge in [-0.3, -0.25) is 5.10 Å². The number of nitrogens with one attached hydrogen (secondary N) is 1. The van der Waals surface area contributed by atoms with Gasteiger partial charge < -0.3 is 0 Å². The van der Waals surface area contributed by atoms with Crippen LogP contribution in [0.3, 0.4) is 0 Å². The van der Waals surface area contributed by atoms with Crippen molar-refractivity contribution in [1.29, 1.82) is 0 Å². The predicted molar refractivity (Wildman–Crippen MR) is 92.8 cm³/mol. The van der Waals surface area contributed by atoms with Crippen LogP contribution in [-0.2, 0) is 6.42 Å². The molecule has 3 rings (SSSR count). The van der Waals surface area contributed by atoms with Crippen molar-refractivity contribution in [2.45, 2.75) is 27.2 Å². The molecule has 0 amide bonds. The van der Waals surface area contributed by atoms with E-state index in [4.69, 9.17) is 12.2 Å². The zero-order valence-corrected chi connectivity index (χ0v) is 14.1. The van der Waals surface area contributed by atoms with Crippen LogP contribution in [0.5, 0.6) is 0 Å². The van der Waals surface area contributed by atoms with Crippen LogP contribution >= 0.6 is 12.2 Å². The third-order valence-corrected chi connectivity index (χ3v) is 3.95. The van der Waals surface area contributed by atoms with Gasteiger partial charge in [-0.15, -0.1) is 0 Å². The largest absolute Gasteiger partial charge is 0.250 e. The molecule has 3 aromatic rings. The quantitative estimate of drug-likeness (QED) is 0.591. The number of aromatic nitrogens is 5. The molecule has 0 aliphatic carbocycles. The Morgan fingerprint density at radius 2 is 2.00 bits per heavy atom. The van der Waals surface area contributed by atoms with Crippen LogP contribution in [-0.4, -0.2) is 30.9 Å². The highest BCUT2D eigenvalue weighted by molar-refractivity contribution is 7.71. The summed E-state index contributed by atoms with van der Waals surface area (Å²) in [5.74, 6) is 0.803. The number of nitrogens with zero attached hydrogens (tertiary/aromatic N) is 5. The SMILES string of the molecule is CCc1n[nH]c(=S)n1/N=C/c1c(C)nn(-c2ccccc2)c1C. The lowest BCUT2D eigenvalue weighted by Gasteiger charge is -2.03. The van der Waals surface area contributed by atoms with Crippen LogP contribution in [0.2, 0.25) is 0 Å². The van der Waals surface area contributed by atoms with E-state index in [2.05, 4.69) is 20.4 Å². The van der Waals surface area contributed by atoms with E-state index in [9.17, 15) is 0 Å². The molecular weight excluding hydrogens is 308 g/mol. The number of aryl methyl sites for hydroxylation is 2. The van der Waals surface area contributed by atoms with Crippen LogP contribution in [0.15, 0.2) is 35.4 Å². The molecule has 2 aromatic heterocycles. The molecule has 0 radical (unpaired) electrons. The second-order valence-corrected chi connectivity index (χ2v) is 5.57. The van der Waals surface area contributed by atoms with Crippen molar-refractivity contribution in [2.24, 2.45) is 5.10 Å². The van der Waals surface area contributed by atoms with Gasteiger partial charge in [0.2, 0.25) is 4.77 Å². The average Bonchev–Trinajstić information content (AvgIpc) is 3.06. The van der Waals surface area contributed by atoms with Gasteiger partial charge in [0.05, 0.1) is 23.3 Å². The lowest BCUT2D eigenvalue weighted by Crippen LogP contribution is -2.00. The third-order valence-electron chi connectivity index (χ3n) is 3.68. The van der Waals surface area contributed by atoms with Crippen LogP contribution < -0.4 is 0 Å². The summed E-state index contributed by atoms with van der Waals surface area (Å²) >= 11 is 5.21. The maximum absolute atomic E-state index is 5.21. The summed E-state index contributed by atoms with van der Waals surface area (Å²) in [5.41, 5.74) is 3.97. The Labute approximate surface area is 139 Å². The summed E-state index contributed by atoms with van der Waals surface area (Å²) in [4.78, 5) is 0. The van der Waals surface area contributed by atoms with Crippen molar-refractivity contribution < 1.29 is 0 Å². The number of hydrogen-bond donors (Lipinski definition) is 1. The van der Waals surface area contributed by atoms with E-state index in [0.717, 1.165) is 34.9 Å². The van der Waals surface area contributed by atoms with E-state index in [0.29, 0.717) is 4.77 Å². The first-order valence-electron chi connectivity index (χ1n) is 7.44. The van der Waals surface area contributed by atoms with Crippen molar-refractivity contribution in [3.8, 4) is 5.69 Å². The minimum Gasteiger partial charge on any atom is -0.250 e. The number of aromatic amines is 1. The normalized spacial score (nSPS) is 11.4. The highest BCUT2D eigenvalue weighted by atomic mass is 32.1. The van der Waals surface area contributed by atoms with Crippen LogP contribution in [0.4, 0.5) is 0 Å². The number of para-hydroxylation sites is 1. The zero-order chi connectivity index (χ0) is 16.4. The summed E-state index contributed by atoms with van der Waals surface area (Å²) in [6.07, 6.45) is 2.55. The number of hydrogen-bond acceptors (Lipinski definition) is 4. The molecule has 6 nitrogen and oxygen atoms in total. The van der Waals surface area contributed by atoms with Gasteiger partial charge in [-0.25, -0.2) is 4.68 Å². The minimum atomic E-state index is 0.490. The third kappa shape index (κ3) is 2.87. The van der Waals surface area contributed by atoms with E-state index < -0.39 is 0 Å².